The van der Waals surface area contributed by atoms with Crippen molar-refractivity contribution in [3.05, 3.63) is 35.4 Å². The number of alkyl halides is 3. The molecule has 1 saturated heterocycles. The first-order valence-corrected chi connectivity index (χ1v) is 5.58. The highest BCUT2D eigenvalue weighted by molar-refractivity contribution is 5.28. The van der Waals surface area contributed by atoms with Crippen LogP contribution in [0.3, 0.4) is 0 Å². The third kappa shape index (κ3) is 2.98. The molecule has 0 aromatic heterocycles. The Morgan fingerprint density at radius 2 is 1.82 bits per heavy atom. The average molecular weight is 245 g/mol. The Morgan fingerprint density at radius 3 is 2.41 bits per heavy atom. The fourth-order valence-electron chi connectivity index (χ4n) is 2.17. The van der Waals surface area contributed by atoms with Crippen molar-refractivity contribution < 1.29 is 18.4 Å². The van der Waals surface area contributed by atoms with Crippen LogP contribution < -0.4 is 0 Å². The molecule has 0 spiro atoms. The maximum absolute atomic E-state index is 12.5. The van der Waals surface area contributed by atoms with Crippen LogP contribution in [-0.2, 0) is 6.18 Å². The van der Waals surface area contributed by atoms with Crippen LogP contribution in [0.4, 0.5) is 13.2 Å². The first-order valence-electron chi connectivity index (χ1n) is 5.58. The Bertz CT molecular complexity index is 384. The van der Waals surface area contributed by atoms with E-state index in [-0.39, 0.29) is 5.92 Å². The van der Waals surface area contributed by atoms with Crippen molar-refractivity contribution in [3.63, 3.8) is 0 Å². The van der Waals surface area contributed by atoms with E-state index >= 15 is 0 Å². The lowest BCUT2D eigenvalue weighted by molar-refractivity contribution is -0.137. The summed E-state index contributed by atoms with van der Waals surface area (Å²) < 4.78 is 37.6. The second-order valence-corrected chi connectivity index (χ2v) is 4.35. The maximum atomic E-state index is 12.5. The zero-order valence-electron chi connectivity index (χ0n) is 9.24. The minimum absolute atomic E-state index is 0.112. The Hall–Kier alpha value is -1.07. The molecule has 1 aromatic carbocycles. The molecule has 0 saturated carbocycles. The second kappa shape index (κ2) is 4.66. The van der Waals surface area contributed by atoms with Crippen molar-refractivity contribution in [1.82, 2.24) is 5.06 Å². The van der Waals surface area contributed by atoms with Crippen molar-refractivity contribution in [2.24, 2.45) is 0 Å². The smallest absolute Gasteiger partial charge is 0.314 e. The number of hydroxylamine groups is 2. The van der Waals surface area contributed by atoms with Crippen LogP contribution in [0.15, 0.2) is 24.3 Å². The number of hydrogen-bond donors (Lipinski definition) is 1. The summed E-state index contributed by atoms with van der Waals surface area (Å²) in [6.45, 7) is 1.03. The summed E-state index contributed by atoms with van der Waals surface area (Å²) in [5.74, 6) is 0.112. The fraction of sp³-hybridized carbons (Fsp3) is 0.500. The summed E-state index contributed by atoms with van der Waals surface area (Å²) in [5, 5.41) is 10.4. The molecular weight excluding hydrogens is 231 g/mol. The van der Waals surface area contributed by atoms with E-state index in [1.807, 2.05) is 0 Å². The van der Waals surface area contributed by atoms with Crippen molar-refractivity contribution in [2.75, 3.05) is 13.1 Å². The molecule has 1 fully saturated rings. The molecule has 1 aliphatic rings. The number of piperidine rings is 1. The van der Waals surface area contributed by atoms with Gasteiger partial charge < -0.3 is 5.21 Å². The lowest BCUT2D eigenvalue weighted by Gasteiger charge is -2.28. The lowest BCUT2D eigenvalue weighted by atomic mass is 9.89. The number of halogens is 3. The van der Waals surface area contributed by atoms with E-state index in [1.54, 1.807) is 6.07 Å². The number of rotatable bonds is 1. The molecule has 1 aromatic rings. The second-order valence-electron chi connectivity index (χ2n) is 4.35. The van der Waals surface area contributed by atoms with Crippen LogP contribution >= 0.6 is 0 Å². The Kier molecular flexibility index (Phi) is 3.40. The van der Waals surface area contributed by atoms with Crippen molar-refractivity contribution >= 4 is 0 Å². The van der Waals surface area contributed by atoms with E-state index in [9.17, 15) is 18.4 Å². The number of nitrogens with zero attached hydrogens (tertiary/aromatic N) is 1. The van der Waals surface area contributed by atoms with Crippen molar-refractivity contribution in [2.45, 2.75) is 24.9 Å². The molecule has 0 amide bonds. The van der Waals surface area contributed by atoms with Crippen molar-refractivity contribution in [3.8, 4) is 0 Å². The van der Waals surface area contributed by atoms with Gasteiger partial charge in [0, 0.05) is 13.1 Å². The van der Waals surface area contributed by atoms with Crippen LogP contribution in [0.2, 0.25) is 0 Å². The minimum atomic E-state index is -4.28. The Labute approximate surface area is 97.6 Å². The number of hydrogen-bond acceptors (Lipinski definition) is 2. The van der Waals surface area contributed by atoms with Crippen LogP contribution in [-0.4, -0.2) is 23.4 Å². The zero-order valence-corrected chi connectivity index (χ0v) is 9.24. The highest BCUT2D eigenvalue weighted by Gasteiger charge is 2.31. The first-order chi connectivity index (χ1) is 7.97. The molecule has 1 aliphatic heterocycles. The van der Waals surface area contributed by atoms with Gasteiger partial charge >= 0.3 is 6.18 Å². The molecule has 0 bridgehead atoms. The highest BCUT2D eigenvalue weighted by Crippen LogP contribution is 2.33. The van der Waals surface area contributed by atoms with E-state index < -0.39 is 11.7 Å². The summed E-state index contributed by atoms with van der Waals surface area (Å²) in [7, 11) is 0. The van der Waals surface area contributed by atoms with Crippen LogP contribution in [0.1, 0.15) is 29.9 Å². The van der Waals surface area contributed by atoms with Gasteiger partial charge in [-0.15, -0.1) is 0 Å². The summed E-state index contributed by atoms with van der Waals surface area (Å²) in [6.07, 6.45) is -2.90. The molecule has 17 heavy (non-hydrogen) atoms. The largest absolute Gasteiger partial charge is 0.416 e. The van der Waals surface area contributed by atoms with Gasteiger partial charge in [0.1, 0.15) is 0 Å². The molecule has 0 radical (unpaired) electrons. The monoisotopic (exact) mass is 245 g/mol. The van der Waals surface area contributed by atoms with Gasteiger partial charge in [0.05, 0.1) is 5.56 Å². The summed E-state index contributed by atoms with van der Waals surface area (Å²) in [4.78, 5) is 0. The summed E-state index contributed by atoms with van der Waals surface area (Å²) in [5.41, 5.74) is 0.120. The maximum Gasteiger partial charge on any atom is 0.416 e. The quantitative estimate of drug-likeness (QED) is 0.820. The first kappa shape index (κ1) is 12.4. The third-order valence-corrected chi connectivity index (χ3v) is 3.16. The van der Waals surface area contributed by atoms with Gasteiger partial charge in [-0.05, 0) is 30.4 Å². The van der Waals surface area contributed by atoms with Crippen LogP contribution in [0, 0.1) is 0 Å². The van der Waals surface area contributed by atoms with Gasteiger partial charge in [0.2, 0.25) is 0 Å². The van der Waals surface area contributed by atoms with Gasteiger partial charge in [0.25, 0.3) is 0 Å². The van der Waals surface area contributed by atoms with Crippen LogP contribution in [0.25, 0.3) is 0 Å². The van der Waals surface area contributed by atoms with E-state index in [0.717, 1.165) is 6.07 Å². The molecule has 5 heteroatoms. The predicted octanol–water partition coefficient (Wildman–Crippen LogP) is 3.27. The molecule has 0 unspecified atom stereocenters. The van der Waals surface area contributed by atoms with Crippen LogP contribution in [0.5, 0.6) is 0 Å². The van der Waals surface area contributed by atoms with Crippen molar-refractivity contribution in [1.29, 1.82) is 0 Å². The third-order valence-electron chi connectivity index (χ3n) is 3.16. The van der Waals surface area contributed by atoms with E-state index in [2.05, 4.69) is 0 Å². The molecule has 0 atom stereocenters. The molecule has 94 valence electrons. The molecular formula is C12H14F3NO. The topological polar surface area (TPSA) is 23.5 Å². The van der Waals surface area contributed by atoms with Gasteiger partial charge in [-0.25, -0.2) is 0 Å². The highest BCUT2D eigenvalue weighted by atomic mass is 19.4. The Balaban J connectivity index is 2.16. The normalized spacial score (nSPS) is 19.5. The van der Waals surface area contributed by atoms with E-state index in [4.69, 9.17) is 0 Å². The zero-order chi connectivity index (χ0) is 12.5. The van der Waals surface area contributed by atoms with Gasteiger partial charge in [-0.2, -0.15) is 18.2 Å². The molecule has 1 heterocycles. The molecule has 2 rings (SSSR count). The fourth-order valence-corrected chi connectivity index (χ4v) is 2.17. The minimum Gasteiger partial charge on any atom is -0.314 e. The number of benzene rings is 1. The van der Waals surface area contributed by atoms with E-state index in [0.29, 0.717) is 31.5 Å². The summed E-state index contributed by atoms with van der Waals surface area (Å²) in [6, 6.07) is 5.48. The van der Waals surface area contributed by atoms with Gasteiger partial charge in [-0.3, -0.25) is 0 Å². The predicted molar refractivity (Wildman–Crippen MR) is 56.8 cm³/mol. The summed E-state index contributed by atoms with van der Waals surface area (Å²) >= 11 is 0. The molecule has 0 aliphatic carbocycles. The Morgan fingerprint density at radius 1 is 1.18 bits per heavy atom. The van der Waals surface area contributed by atoms with Gasteiger partial charge in [0.15, 0.2) is 0 Å². The molecule has 1 N–H and O–H groups in total. The molecule has 2 nitrogen and oxygen atoms in total. The standard InChI is InChI=1S/C12H14F3NO/c13-12(14,15)11-3-1-2-10(8-11)9-4-6-16(17)7-5-9/h1-3,8-9,17H,4-7H2. The lowest BCUT2D eigenvalue weighted by Crippen LogP contribution is -2.29. The van der Waals surface area contributed by atoms with E-state index in [1.165, 1.54) is 17.2 Å². The SMILES string of the molecule is ON1CCC(c2cccc(C(F)(F)F)c2)CC1. The van der Waals surface area contributed by atoms with Gasteiger partial charge in [-0.1, -0.05) is 18.2 Å². The average Bonchev–Trinajstić information content (AvgIpc) is 2.29.